The molecule has 28 heavy (non-hydrogen) atoms. The molecule has 3 heterocycles. The van der Waals surface area contributed by atoms with Crippen LogP contribution in [0.3, 0.4) is 0 Å². The summed E-state index contributed by atoms with van der Waals surface area (Å²) in [5.41, 5.74) is 1.99. The van der Waals surface area contributed by atoms with E-state index < -0.39 is 0 Å². The highest BCUT2D eigenvalue weighted by atomic mass is 16.5. The van der Waals surface area contributed by atoms with Crippen LogP contribution in [0.15, 0.2) is 24.3 Å². The van der Waals surface area contributed by atoms with E-state index in [2.05, 4.69) is 11.0 Å². The highest BCUT2D eigenvalue weighted by Gasteiger charge is 2.29. The predicted octanol–water partition coefficient (Wildman–Crippen LogP) is 3.18. The fraction of sp³-hybridized carbons (Fsp3) is 0.591. The minimum Gasteiger partial charge on any atom is -0.376 e. The zero-order valence-corrected chi connectivity index (χ0v) is 16.9. The van der Waals surface area contributed by atoms with Crippen molar-refractivity contribution < 1.29 is 9.53 Å². The summed E-state index contributed by atoms with van der Waals surface area (Å²) in [6.45, 7) is 5.22. The fourth-order valence-electron chi connectivity index (χ4n) is 4.35. The van der Waals surface area contributed by atoms with Crippen LogP contribution in [-0.2, 0) is 9.53 Å². The van der Waals surface area contributed by atoms with Gasteiger partial charge in [-0.1, -0.05) is 18.2 Å². The fourth-order valence-corrected chi connectivity index (χ4v) is 4.35. The summed E-state index contributed by atoms with van der Waals surface area (Å²) < 4.78 is 5.79. The summed E-state index contributed by atoms with van der Waals surface area (Å²) in [6, 6.07) is 8.12. The molecule has 1 aromatic carbocycles. The number of fused-ring (bicyclic) bond motifs is 1. The largest absolute Gasteiger partial charge is 0.376 e. The van der Waals surface area contributed by atoms with Gasteiger partial charge in [-0.2, -0.15) is 0 Å². The van der Waals surface area contributed by atoms with Crippen LogP contribution in [0, 0.1) is 12.8 Å². The maximum Gasteiger partial charge on any atom is 0.226 e. The molecular weight excluding hydrogens is 352 g/mol. The van der Waals surface area contributed by atoms with Crippen molar-refractivity contribution in [2.24, 2.45) is 5.92 Å². The lowest BCUT2D eigenvalue weighted by Crippen LogP contribution is -2.44. The van der Waals surface area contributed by atoms with E-state index in [1.54, 1.807) is 0 Å². The van der Waals surface area contributed by atoms with E-state index in [-0.39, 0.29) is 17.9 Å². The molecular formula is C22H30N4O2. The predicted molar refractivity (Wildman–Crippen MR) is 110 cm³/mol. The van der Waals surface area contributed by atoms with E-state index in [1.807, 2.05) is 37.1 Å². The van der Waals surface area contributed by atoms with Gasteiger partial charge in [0, 0.05) is 44.6 Å². The summed E-state index contributed by atoms with van der Waals surface area (Å²) in [6.07, 6.45) is 5.32. The van der Waals surface area contributed by atoms with Crippen LogP contribution < -0.4 is 4.90 Å². The molecule has 0 bridgehead atoms. The van der Waals surface area contributed by atoms with Crippen LogP contribution in [0.2, 0.25) is 0 Å². The Hall–Kier alpha value is -2.21. The summed E-state index contributed by atoms with van der Waals surface area (Å²) >= 11 is 0. The molecule has 6 heteroatoms. The minimum atomic E-state index is 0.0893. The number of hydrogen-bond acceptors (Lipinski definition) is 5. The van der Waals surface area contributed by atoms with Gasteiger partial charge in [0.25, 0.3) is 0 Å². The number of rotatable bonds is 4. The van der Waals surface area contributed by atoms with Crippen LogP contribution in [0.4, 0.5) is 5.95 Å². The molecule has 1 aromatic heterocycles. The average molecular weight is 383 g/mol. The number of piperidine rings is 1. The number of likely N-dealkylation sites (N-methyl/N-ethyl adjacent to an activating group) is 1. The highest BCUT2D eigenvalue weighted by Crippen LogP contribution is 2.25. The topological polar surface area (TPSA) is 58.6 Å². The maximum absolute atomic E-state index is 12.9. The number of para-hydroxylation sites is 1. The summed E-state index contributed by atoms with van der Waals surface area (Å²) in [4.78, 5) is 26.4. The van der Waals surface area contributed by atoms with Crippen molar-refractivity contribution in [2.45, 2.75) is 45.1 Å². The van der Waals surface area contributed by atoms with Gasteiger partial charge in [-0.15, -0.1) is 0 Å². The number of amides is 1. The van der Waals surface area contributed by atoms with E-state index in [0.29, 0.717) is 6.54 Å². The molecule has 0 saturated carbocycles. The molecule has 0 N–H and O–H groups in total. The normalized spacial score (nSPS) is 21.1. The van der Waals surface area contributed by atoms with Gasteiger partial charge in [0.05, 0.1) is 17.3 Å². The average Bonchev–Trinajstić information content (AvgIpc) is 2.74. The van der Waals surface area contributed by atoms with E-state index in [4.69, 9.17) is 14.7 Å². The second-order valence-electron chi connectivity index (χ2n) is 8.09. The lowest BCUT2D eigenvalue weighted by molar-refractivity contribution is -0.137. The standard InChI is InChI=1S/C22H30N4O2/c1-16-19-8-3-4-9-20(19)24-22(23-16)26-12-10-17(11-13-26)21(27)25(2)15-18-7-5-6-14-28-18/h3-4,8-9,17-18H,5-7,10-15H2,1-2H3/t18-/m1/s1. The second-order valence-corrected chi connectivity index (χ2v) is 8.09. The Bertz CT molecular complexity index is 826. The molecule has 2 saturated heterocycles. The number of aryl methyl sites for hydroxylation is 1. The highest BCUT2D eigenvalue weighted by molar-refractivity contribution is 5.82. The zero-order chi connectivity index (χ0) is 19.5. The third-order valence-corrected chi connectivity index (χ3v) is 6.04. The van der Waals surface area contributed by atoms with Crippen molar-refractivity contribution >= 4 is 22.8 Å². The number of hydrogen-bond donors (Lipinski definition) is 0. The first-order valence-corrected chi connectivity index (χ1v) is 10.5. The van der Waals surface area contributed by atoms with Gasteiger partial charge < -0.3 is 14.5 Å². The SMILES string of the molecule is Cc1nc(N2CCC(C(=O)N(C)C[C@H]3CCCCO3)CC2)nc2ccccc12. The van der Waals surface area contributed by atoms with Gasteiger partial charge in [0.15, 0.2) is 0 Å². The van der Waals surface area contributed by atoms with E-state index in [1.165, 1.54) is 6.42 Å². The Labute approximate surface area is 166 Å². The van der Waals surface area contributed by atoms with Gasteiger partial charge in [-0.25, -0.2) is 9.97 Å². The van der Waals surface area contributed by atoms with Crippen LogP contribution in [0.1, 0.15) is 37.8 Å². The first-order chi connectivity index (χ1) is 13.6. The Morgan fingerprint density at radius 3 is 2.71 bits per heavy atom. The molecule has 1 amide bonds. The van der Waals surface area contributed by atoms with Crippen molar-refractivity contribution in [3.05, 3.63) is 30.0 Å². The number of benzene rings is 1. The van der Waals surface area contributed by atoms with Gasteiger partial charge >= 0.3 is 0 Å². The van der Waals surface area contributed by atoms with Gasteiger partial charge in [0.2, 0.25) is 11.9 Å². The lowest BCUT2D eigenvalue weighted by Gasteiger charge is -2.34. The van der Waals surface area contributed by atoms with Crippen molar-refractivity contribution in [1.29, 1.82) is 0 Å². The number of nitrogens with zero attached hydrogens (tertiary/aromatic N) is 4. The number of ether oxygens (including phenoxy) is 1. The molecule has 2 aliphatic rings. The van der Waals surface area contributed by atoms with E-state index >= 15 is 0 Å². The van der Waals surface area contributed by atoms with Crippen LogP contribution in [-0.4, -0.2) is 60.2 Å². The van der Waals surface area contributed by atoms with E-state index in [0.717, 1.165) is 67.9 Å². The maximum atomic E-state index is 12.9. The zero-order valence-electron chi connectivity index (χ0n) is 16.9. The molecule has 2 aromatic rings. The van der Waals surface area contributed by atoms with Crippen molar-refractivity contribution in [2.75, 3.05) is 38.2 Å². The third-order valence-electron chi connectivity index (χ3n) is 6.04. The molecule has 4 rings (SSSR count). The smallest absolute Gasteiger partial charge is 0.226 e. The number of anilines is 1. The first-order valence-electron chi connectivity index (χ1n) is 10.5. The Balaban J connectivity index is 1.35. The number of aromatic nitrogens is 2. The number of carbonyl (C=O) groups excluding carboxylic acids is 1. The van der Waals surface area contributed by atoms with Gasteiger partial charge in [-0.05, 0) is 45.1 Å². The molecule has 2 fully saturated rings. The molecule has 0 spiro atoms. The molecule has 6 nitrogen and oxygen atoms in total. The first kappa shape index (κ1) is 19.1. The Kier molecular flexibility index (Phi) is 5.76. The molecule has 150 valence electrons. The molecule has 0 radical (unpaired) electrons. The second kappa shape index (κ2) is 8.43. The van der Waals surface area contributed by atoms with E-state index in [9.17, 15) is 4.79 Å². The van der Waals surface area contributed by atoms with Crippen LogP contribution in [0.5, 0.6) is 0 Å². The Morgan fingerprint density at radius 1 is 1.18 bits per heavy atom. The van der Waals surface area contributed by atoms with Crippen molar-refractivity contribution in [1.82, 2.24) is 14.9 Å². The molecule has 0 unspecified atom stereocenters. The summed E-state index contributed by atoms with van der Waals surface area (Å²) in [5, 5.41) is 1.10. The third kappa shape index (κ3) is 4.12. The molecule has 2 aliphatic heterocycles. The molecule has 0 aliphatic carbocycles. The number of carbonyl (C=O) groups is 1. The Morgan fingerprint density at radius 2 is 1.96 bits per heavy atom. The minimum absolute atomic E-state index is 0.0893. The monoisotopic (exact) mass is 382 g/mol. The summed E-state index contributed by atoms with van der Waals surface area (Å²) in [7, 11) is 1.92. The van der Waals surface area contributed by atoms with Gasteiger partial charge in [-0.3, -0.25) is 4.79 Å². The summed E-state index contributed by atoms with van der Waals surface area (Å²) in [5.74, 6) is 1.13. The van der Waals surface area contributed by atoms with Gasteiger partial charge in [0.1, 0.15) is 0 Å². The molecule has 1 atom stereocenters. The van der Waals surface area contributed by atoms with Crippen LogP contribution >= 0.6 is 0 Å². The van der Waals surface area contributed by atoms with Crippen molar-refractivity contribution in [3.8, 4) is 0 Å². The van der Waals surface area contributed by atoms with Crippen molar-refractivity contribution in [3.63, 3.8) is 0 Å². The quantitative estimate of drug-likeness (QED) is 0.813. The van der Waals surface area contributed by atoms with Crippen LogP contribution in [0.25, 0.3) is 10.9 Å². The lowest BCUT2D eigenvalue weighted by atomic mass is 9.95.